The molecule has 0 aliphatic carbocycles. The van der Waals surface area contributed by atoms with Crippen LogP contribution in [-0.4, -0.2) is 5.11 Å². The molecule has 0 bridgehead atoms. The van der Waals surface area contributed by atoms with E-state index in [4.69, 9.17) is 0 Å². The van der Waals surface area contributed by atoms with Crippen LogP contribution in [0.3, 0.4) is 0 Å². The maximum absolute atomic E-state index is 10.8. The fourth-order valence-electron chi connectivity index (χ4n) is 2.75. The molecule has 2 aromatic carbocycles. The second-order valence-corrected chi connectivity index (χ2v) is 6.08. The minimum absolute atomic E-state index is 0.613. The highest BCUT2D eigenvalue weighted by Gasteiger charge is 2.14. The molecule has 1 nitrogen and oxygen atoms in total. The Balaban J connectivity index is 2.12. The summed E-state index contributed by atoms with van der Waals surface area (Å²) < 4.78 is 0. The van der Waals surface area contributed by atoms with Gasteiger partial charge < -0.3 is 5.11 Å². The fourth-order valence-corrected chi connectivity index (χ4v) is 2.75. The van der Waals surface area contributed by atoms with Gasteiger partial charge in [-0.3, -0.25) is 0 Å². The Bertz CT molecular complexity index is 626. The zero-order valence-corrected chi connectivity index (χ0v) is 14.6. The first-order valence-electron chi connectivity index (χ1n) is 8.98. The molecule has 0 spiro atoms. The van der Waals surface area contributed by atoms with E-state index in [1.165, 1.54) is 25.7 Å². The molecule has 1 heteroatoms. The number of hydrogen-bond acceptors (Lipinski definition) is 1. The lowest BCUT2D eigenvalue weighted by molar-refractivity contribution is 0.238. The van der Waals surface area contributed by atoms with Gasteiger partial charge in [0, 0.05) is 0 Å². The molecule has 0 aromatic heterocycles. The number of aliphatic hydroxyl groups excluding tert-OH is 1. The number of rotatable bonds is 9. The highest BCUT2D eigenvalue weighted by molar-refractivity contribution is 5.71. The summed E-state index contributed by atoms with van der Waals surface area (Å²) in [7, 11) is 0. The molecule has 126 valence electrons. The largest absolute Gasteiger partial charge is 0.384 e. The molecule has 0 radical (unpaired) electrons. The first-order valence-corrected chi connectivity index (χ1v) is 8.98. The predicted molar refractivity (Wildman–Crippen MR) is 104 cm³/mol. The van der Waals surface area contributed by atoms with E-state index in [0.29, 0.717) is 0 Å². The first-order chi connectivity index (χ1) is 11.8. The quantitative estimate of drug-likeness (QED) is 0.423. The van der Waals surface area contributed by atoms with Crippen LogP contribution >= 0.6 is 0 Å². The predicted octanol–water partition coefficient (Wildman–Crippen LogP) is 6.33. The molecular weight excluding hydrogens is 292 g/mol. The van der Waals surface area contributed by atoms with Gasteiger partial charge in [0.25, 0.3) is 0 Å². The number of hydrogen-bond donors (Lipinski definition) is 1. The molecule has 1 unspecified atom stereocenters. The summed E-state index contributed by atoms with van der Waals surface area (Å²) in [4.78, 5) is 0. The minimum atomic E-state index is -0.613. The molecule has 0 saturated carbocycles. The third-order valence-corrected chi connectivity index (χ3v) is 4.15. The van der Waals surface area contributed by atoms with Crippen molar-refractivity contribution in [2.75, 3.05) is 0 Å². The lowest BCUT2D eigenvalue weighted by atomic mass is 9.95. The maximum atomic E-state index is 10.8. The van der Waals surface area contributed by atoms with E-state index in [1.807, 2.05) is 66.7 Å². The van der Waals surface area contributed by atoms with Gasteiger partial charge in [0.1, 0.15) is 6.10 Å². The van der Waals surface area contributed by atoms with Gasteiger partial charge in [-0.05, 0) is 29.5 Å². The van der Waals surface area contributed by atoms with Crippen LogP contribution in [0, 0.1) is 0 Å². The van der Waals surface area contributed by atoms with Gasteiger partial charge in [0.15, 0.2) is 0 Å². The van der Waals surface area contributed by atoms with E-state index in [9.17, 15) is 5.11 Å². The summed E-state index contributed by atoms with van der Waals surface area (Å²) >= 11 is 0. The van der Waals surface area contributed by atoms with Gasteiger partial charge in [-0.1, -0.05) is 105 Å². The lowest BCUT2D eigenvalue weighted by Gasteiger charge is -2.15. The molecule has 0 amide bonds. The van der Waals surface area contributed by atoms with E-state index < -0.39 is 6.10 Å². The number of benzene rings is 2. The summed E-state index contributed by atoms with van der Waals surface area (Å²) in [5.74, 6) is 0. The third-order valence-electron chi connectivity index (χ3n) is 4.15. The van der Waals surface area contributed by atoms with Gasteiger partial charge in [0.2, 0.25) is 0 Å². The van der Waals surface area contributed by atoms with Crippen LogP contribution in [0.15, 0.2) is 78.9 Å². The summed E-state index contributed by atoms with van der Waals surface area (Å²) in [6, 6.07) is 19.9. The second-order valence-electron chi connectivity index (χ2n) is 6.08. The van der Waals surface area contributed by atoms with E-state index >= 15 is 0 Å². The maximum Gasteiger partial charge on any atom is 0.105 e. The topological polar surface area (TPSA) is 20.2 Å². The average Bonchev–Trinajstić information content (AvgIpc) is 2.65. The summed E-state index contributed by atoms with van der Waals surface area (Å²) in [6.07, 6.45) is 11.9. The van der Waals surface area contributed by atoms with Crippen molar-refractivity contribution in [1.82, 2.24) is 0 Å². The molecule has 24 heavy (non-hydrogen) atoms. The molecule has 1 atom stereocenters. The smallest absolute Gasteiger partial charge is 0.105 e. The standard InChI is InChI=1S/C23H28O/c1-2-3-4-5-6-7-14-19-22(20-15-10-8-11-16-20)23(24)21-17-12-9-13-18-21/h7-19,23-24H,2-6H2,1H3/b14-7+,22-19+. The van der Waals surface area contributed by atoms with Crippen molar-refractivity contribution in [3.8, 4) is 0 Å². The second kappa shape index (κ2) is 10.6. The lowest BCUT2D eigenvalue weighted by Crippen LogP contribution is -2.00. The van der Waals surface area contributed by atoms with Crippen molar-refractivity contribution in [2.24, 2.45) is 0 Å². The van der Waals surface area contributed by atoms with Crippen LogP contribution in [0.4, 0.5) is 0 Å². The number of unbranched alkanes of at least 4 members (excludes halogenated alkanes) is 4. The molecule has 0 aliphatic rings. The number of allylic oxidation sites excluding steroid dienone is 3. The molecule has 0 fully saturated rings. The molecule has 2 rings (SSSR count). The first kappa shape index (κ1) is 18.2. The molecule has 0 saturated heterocycles. The highest BCUT2D eigenvalue weighted by atomic mass is 16.3. The van der Waals surface area contributed by atoms with Gasteiger partial charge in [-0.2, -0.15) is 0 Å². The molecule has 1 N–H and O–H groups in total. The van der Waals surface area contributed by atoms with Gasteiger partial charge in [-0.25, -0.2) is 0 Å². The summed E-state index contributed by atoms with van der Waals surface area (Å²) in [6.45, 7) is 2.23. The van der Waals surface area contributed by atoms with Crippen molar-refractivity contribution in [3.05, 3.63) is 90.0 Å². The van der Waals surface area contributed by atoms with Crippen LogP contribution in [0.1, 0.15) is 56.3 Å². The average molecular weight is 320 g/mol. The van der Waals surface area contributed by atoms with Gasteiger partial charge in [0.05, 0.1) is 0 Å². The fraction of sp³-hybridized carbons (Fsp3) is 0.304. The van der Waals surface area contributed by atoms with E-state index in [1.54, 1.807) is 0 Å². The van der Waals surface area contributed by atoms with Crippen LogP contribution in [0.5, 0.6) is 0 Å². The highest BCUT2D eigenvalue weighted by Crippen LogP contribution is 2.29. The van der Waals surface area contributed by atoms with Crippen molar-refractivity contribution < 1.29 is 5.11 Å². The normalized spacial score (nSPS) is 13.3. The van der Waals surface area contributed by atoms with Crippen molar-refractivity contribution >= 4 is 5.57 Å². The number of aliphatic hydroxyl groups is 1. The van der Waals surface area contributed by atoms with Crippen molar-refractivity contribution in [2.45, 2.75) is 45.1 Å². The summed E-state index contributed by atoms with van der Waals surface area (Å²) in [5, 5.41) is 10.8. The molecular formula is C23H28O. The Morgan fingerprint density at radius 1 is 0.917 bits per heavy atom. The van der Waals surface area contributed by atoms with Gasteiger partial charge in [-0.15, -0.1) is 0 Å². The van der Waals surface area contributed by atoms with E-state index in [0.717, 1.165) is 23.1 Å². The molecule has 0 heterocycles. The van der Waals surface area contributed by atoms with Crippen LogP contribution in [0.25, 0.3) is 5.57 Å². The van der Waals surface area contributed by atoms with E-state index in [-0.39, 0.29) is 0 Å². The van der Waals surface area contributed by atoms with Crippen LogP contribution < -0.4 is 0 Å². The Labute approximate surface area is 146 Å². The third kappa shape index (κ3) is 5.82. The Morgan fingerprint density at radius 2 is 1.58 bits per heavy atom. The Kier molecular flexibility index (Phi) is 8.06. The van der Waals surface area contributed by atoms with Gasteiger partial charge >= 0.3 is 0 Å². The van der Waals surface area contributed by atoms with Crippen molar-refractivity contribution in [3.63, 3.8) is 0 Å². The zero-order chi connectivity index (χ0) is 17.0. The Hall–Kier alpha value is -2.12. The molecule has 2 aromatic rings. The zero-order valence-electron chi connectivity index (χ0n) is 14.6. The van der Waals surface area contributed by atoms with E-state index in [2.05, 4.69) is 19.1 Å². The Morgan fingerprint density at radius 3 is 2.25 bits per heavy atom. The van der Waals surface area contributed by atoms with Crippen molar-refractivity contribution in [1.29, 1.82) is 0 Å². The summed E-state index contributed by atoms with van der Waals surface area (Å²) in [5.41, 5.74) is 2.92. The van der Waals surface area contributed by atoms with Crippen LogP contribution in [-0.2, 0) is 0 Å². The monoisotopic (exact) mass is 320 g/mol. The minimum Gasteiger partial charge on any atom is -0.384 e. The molecule has 0 aliphatic heterocycles. The van der Waals surface area contributed by atoms with Crippen LogP contribution in [0.2, 0.25) is 0 Å². The SMILES string of the molecule is CCCCCC/C=C/C=C(\c1ccccc1)C(O)c1ccccc1.